The Morgan fingerprint density at radius 1 is 1.16 bits per heavy atom. The maximum Gasteiger partial charge on any atom is 0.123 e. The van der Waals surface area contributed by atoms with E-state index in [1.165, 1.54) is 30.4 Å². The number of likely N-dealkylation sites (N-methyl/N-ethyl adjacent to an activating group) is 1. The third kappa shape index (κ3) is 4.32. The van der Waals surface area contributed by atoms with Crippen LogP contribution in [0.1, 0.15) is 49.3 Å². The predicted octanol–water partition coefficient (Wildman–Crippen LogP) is 5.26. The fraction of sp³-hybridized carbons (Fsp3) is 0.391. The zero-order valence-corrected chi connectivity index (χ0v) is 15.4. The minimum absolute atomic E-state index is 0.369. The standard InChI is InChI=1S/C23H29NO/c1-3-9-18-13-14-23(25)22(16-18)21(19-10-5-4-6-11-19)17-20-12-7-8-15-24(20)2/h4-6,10-11,13-14,16-17,20,25H,3,7-9,12,15H2,1-2H3/b21-17+. The first kappa shape index (κ1) is 17.8. The van der Waals surface area contributed by atoms with Crippen LogP contribution in [-0.4, -0.2) is 29.6 Å². The third-order valence-electron chi connectivity index (χ3n) is 5.16. The molecule has 0 bridgehead atoms. The number of hydrogen-bond acceptors (Lipinski definition) is 2. The summed E-state index contributed by atoms with van der Waals surface area (Å²) in [5.74, 6) is 0.369. The highest BCUT2D eigenvalue weighted by molar-refractivity contribution is 5.83. The highest BCUT2D eigenvalue weighted by Gasteiger charge is 2.19. The van der Waals surface area contributed by atoms with Gasteiger partial charge < -0.3 is 5.11 Å². The average molecular weight is 335 g/mol. The van der Waals surface area contributed by atoms with Crippen LogP contribution in [0.25, 0.3) is 5.57 Å². The van der Waals surface area contributed by atoms with Gasteiger partial charge in [0.2, 0.25) is 0 Å². The van der Waals surface area contributed by atoms with Crippen LogP contribution in [0.4, 0.5) is 0 Å². The van der Waals surface area contributed by atoms with Crippen LogP contribution < -0.4 is 0 Å². The second-order valence-corrected chi connectivity index (χ2v) is 7.09. The predicted molar refractivity (Wildman–Crippen MR) is 106 cm³/mol. The highest BCUT2D eigenvalue weighted by Crippen LogP contribution is 2.33. The summed E-state index contributed by atoms with van der Waals surface area (Å²) < 4.78 is 0. The summed E-state index contributed by atoms with van der Waals surface area (Å²) in [6.07, 6.45) is 8.24. The molecule has 1 unspecified atom stereocenters. The lowest BCUT2D eigenvalue weighted by molar-refractivity contribution is 0.222. The fourth-order valence-corrected chi connectivity index (χ4v) is 3.71. The van der Waals surface area contributed by atoms with E-state index in [9.17, 15) is 5.11 Å². The number of aromatic hydroxyl groups is 1. The smallest absolute Gasteiger partial charge is 0.123 e. The van der Waals surface area contributed by atoms with E-state index in [-0.39, 0.29) is 0 Å². The van der Waals surface area contributed by atoms with Crippen molar-refractivity contribution in [3.8, 4) is 5.75 Å². The Balaban J connectivity index is 2.07. The molecule has 1 aliphatic heterocycles. The van der Waals surface area contributed by atoms with Crippen molar-refractivity contribution in [1.82, 2.24) is 4.90 Å². The van der Waals surface area contributed by atoms with Crippen LogP contribution in [0.5, 0.6) is 5.75 Å². The molecule has 2 aromatic rings. The Kier molecular flexibility index (Phi) is 5.93. The van der Waals surface area contributed by atoms with E-state index >= 15 is 0 Å². The largest absolute Gasteiger partial charge is 0.507 e. The van der Waals surface area contributed by atoms with Gasteiger partial charge in [-0.3, -0.25) is 4.90 Å². The van der Waals surface area contributed by atoms with Crippen molar-refractivity contribution in [2.45, 2.75) is 45.1 Å². The quantitative estimate of drug-likeness (QED) is 0.805. The van der Waals surface area contributed by atoms with Crippen LogP contribution in [0.3, 0.4) is 0 Å². The first-order valence-electron chi connectivity index (χ1n) is 9.48. The first-order valence-corrected chi connectivity index (χ1v) is 9.48. The van der Waals surface area contributed by atoms with Gasteiger partial charge in [0.1, 0.15) is 5.75 Å². The van der Waals surface area contributed by atoms with E-state index in [0.717, 1.165) is 30.5 Å². The zero-order valence-electron chi connectivity index (χ0n) is 15.4. The summed E-state index contributed by atoms with van der Waals surface area (Å²) in [6.45, 7) is 3.34. The Morgan fingerprint density at radius 3 is 2.68 bits per heavy atom. The second kappa shape index (κ2) is 8.35. The molecular formula is C23H29NO. The molecule has 1 N–H and O–H groups in total. The molecule has 25 heavy (non-hydrogen) atoms. The molecule has 0 spiro atoms. The van der Waals surface area contributed by atoms with E-state index in [4.69, 9.17) is 0 Å². The summed E-state index contributed by atoms with van der Waals surface area (Å²) >= 11 is 0. The van der Waals surface area contributed by atoms with Crippen molar-refractivity contribution < 1.29 is 5.11 Å². The Bertz CT molecular complexity index is 720. The molecule has 0 saturated carbocycles. The molecule has 1 heterocycles. The number of benzene rings is 2. The van der Waals surface area contributed by atoms with Crippen molar-refractivity contribution in [2.24, 2.45) is 0 Å². The van der Waals surface area contributed by atoms with Crippen LogP contribution >= 0.6 is 0 Å². The average Bonchev–Trinajstić information content (AvgIpc) is 2.64. The molecule has 1 fully saturated rings. The number of aryl methyl sites for hydroxylation is 1. The van der Waals surface area contributed by atoms with Gasteiger partial charge in [0.25, 0.3) is 0 Å². The van der Waals surface area contributed by atoms with Gasteiger partial charge in [0.15, 0.2) is 0 Å². The van der Waals surface area contributed by atoms with Gasteiger partial charge in [-0.25, -0.2) is 0 Å². The van der Waals surface area contributed by atoms with Gasteiger partial charge in [-0.15, -0.1) is 0 Å². The third-order valence-corrected chi connectivity index (χ3v) is 5.16. The number of phenolic OH excluding ortho intramolecular Hbond substituents is 1. The number of nitrogens with zero attached hydrogens (tertiary/aromatic N) is 1. The summed E-state index contributed by atoms with van der Waals surface area (Å²) in [7, 11) is 2.20. The lowest BCUT2D eigenvalue weighted by Crippen LogP contribution is -2.34. The van der Waals surface area contributed by atoms with E-state index < -0.39 is 0 Å². The lowest BCUT2D eigenvalue weighted by atomic mass is 9.91. The summed E-state index contributed by atoms with van der Waals surface area (Å²) in [6, 6.07) is 16.9. The van der Waals surface area contributed by atoms with E-state index in [0.29, 0.717) is 11.8 Å². The SMILES string of the molecule is CCCc1ccc(O)c(/C(=C/C2CCCCN2C)c2ccccc2)c1. The van der Waals surface area contributed by atoms with Gasteiger partial charge in [-0.2, -0.15) is 0 Å². The number of phenols is 1. The molecule has 0 amide bonds. The van der Waals surface area contributed by atoms with Gasteiger partial charge in [-0.05, 0) is 61.7 Å². The number of hydrogen-bond donors (Lipinski definition) is 1. The van der Waals surface area contributed by atoms with Crippen molar-refractivity contribution in [3.63, 3.8) is 0 Å². The van der Waals surface area contributed by atoms with Crippen molar-refractivity contribution in [1.29, 1.82) is 0 Å². The zero-order chi connectivity index (χ0) is 17.6. The molecule has 132 valence electrons. The molecule has 1 saturated heterocycles. The monoisotopic (exact) mass is 335 g/mol. The number of piperidine rings is 1. The van der Waals surface area contributed by atoms with Crippen LogP contribution in [0, 0.1) is 0 Å². The first-order chi connectivity index (χ1) is 12.2. The minimum atomic E-state index is 0.369. The Hall–Kier alpha value is -2.06. The Morgan fingerprint density at radius 2 is 1.96 bits per heavy atom. The molecular weight excluding hydrogens is 306 g/mol. The molecule has 1 atom stereocenters. The topological polar surface area (TPSA) is 23.5 Å². The second-order valence-electron chi connectivity index (χ2n) is 7.09. The summed E-state index contributed by atoms with van der Waals surface area (Å²) in [5.41, 5.74) is 4.56. The van der Waals surface area contributed by atoms with Crippen molar-refractivity contribution >= 4 is 5.57 Å². The molecule has 2 heteroatoms. The minimum Gasteiger partial charge on any atom is -0.507 e. The maximum absolute atomic E-state index is 10.6. The van der Waals surface area contributed by atoms with E-state index in [2.05, 4.69) is 55.3 Å². The highest BCUT2D eigenvalue weighted by atomic mass is 16.3. The fourth-order valence-electron chi connectivity index (χ4n) is 3.71. The molecule has 3 rings (SSSR count). The lowest BCUT2D eigenvalue weighted by Gasteiger charge is -2.31. The van der Waals surface area contributed by atoms with Gasteiger partial charge in [-0.1, -0.05) is 62.2 Å². The Labute approximate surface area is 151 Å². The van der Waals surface area contributed by atoms with Crippen molar-refractivity contribution in [3.05, 3.63) is 71.3 Å². The molecule has 1 aliphatic rings. The van der Waals surface area contributed by atoms with Crippen LogP contribution in [-0.2, 0) is 6.42 Å². The summed E-state index contributed by atoms with van der Waals surface area (Å²) in [4.78, 5) is 2.43. The van der Waals surface area contributed by atoms with Crippen molar-refractivity contribution in [2.75, 3.05) is 13.6 Å². The molecule has 0 aliphatic carbocycles. The molecule has 0 radical (unpaired) electrons. The number of likely N-dealkylation sites (tertiary alicyclic amines) is 1. The molecule has 0 aromatic heterocycles. The van der Waals surface area contributed by atoms with Crippen LogP contribution in [0.15, 0.2) is 54.6 Å². The van der Waals surface area contributed by atoms with Crippen LogP contribution in [0.2, 0.25) is 0 Å². The molecule has 2 nitrogen and oxygen atoms in total. The number of rotatable bonds is 5. The van der Waals surface area contributed by atoms with E-state index in [1.54, 1.807) is 0 Å². The normalized spacial score (nSPS) is 19.1. The summed E-state index contributed by atoms with van der Waals surface area (Å²) in [5, 5.41) is 10.6. The van der Waals surface area contributed by atoms with Gasteiger partial charge in [0.05, 0.1) is 0 Å². The van der Waals surface area contributed by atoms with Gasteiger partial charge >= 0.3 is 0 Å². The maximum atomic E-state index is 10.6. The molecule has 2 aromatic carbocycles. The van der Waals surface area contributed by atoms with Gasteiger partial charge in [0, 0.05) is 11.6 Å². The van der Waals surface area contributed by atoms with E-state index in [1.807, 2.05) is 18.2 Å².